The number of aromatic amines is 1. The molecule has 0 saturated heterocycles. The van der Waals surface area contributed by atoms with Crippen LogP contribution in [0.25, 0.3) is 0 Å². The van der Waals surface area contributed by atoms with Crippen molar-refractivity contribution in [2.24, 2.45) is 5.73 Å². The van der Waals surface area contributed by atoms with Crippen LogP contribution in [-0.4, -0.2) is 15.4 Å². The summed E-state index contributed by atoms with van der Waals surface area (Å²) in [5, 5.41) is 9.98. The summed E-state index contributed by atoms with van der Waals surface area (Å²) in [7, 11) is 0. The maximum atomic E-state index is 5.71. The summed E-state index contributed by atoms with van der Waals surface area (Å²) < 4.78 is 0. The number of terminal acetylenes is 1. The zero-order valence-electron chi connectivity index (χ0n) is 6.12. The molecule has 0 aliphatic carbocycles. The van der Waals surface area contributed by atoms with Gasteiger partial charge in [-0.15, -0.1) is 12.3 Å². The third-order valence-electron chi connectivity index (χ3n) is 1.41. The van der Waals surface area contributed by atoms with Crippen LogP contribution in [-0.2, 0) is 0 Å². The van der Waals surface area contributed by atoms with Crippen molar-refractivity contribution >= 4 is 0 Å². The molecule has 1 atom stereocenters. The molecule has 3 N–H and O–H groups in total. The number of nitrogens with zero attached hydrogens (tertiary/aromatic N) is 2. The third-order valence-corrected chi connectivity index (χ3v) is 1.41. The molecule has 0 aliphatic heterocycles. The lowest BCUT2D eigenvalue weighted by Gasteiger charge is -2.03. The number of nitrogens with one attached hydrogen (secondary N) is 1. The maximum Gasteiger partial charge on any atom is 0.0991 e. The van der Waals surface area contributed by atoms with Crippen molar-refractivity contribution in [1.82, 2.24) is 15.4 Å². The molecule has 58 valence electrons. The van der Waals surface area contributed by atoms with Crippen molar-refractivity contribution in [3.8, 4) is 12.3 Å². The van der Waals surface area contributed by atoms with E-state index in [9.17, 15) is 0 Å². The van der Waals surface area contributed by atoms with Crippen LogP contribution in [0.5, 0.6) is 0 Å². The molecule has 1 unspecified atom stereocenters. The fourth-order valence-corrected chi connectivity index (χ4v) is 0.776. The van der Waals surface area contributed by atoms with E-state index in [2.05, 4.69) is 21.3 Å². The number of H-pyrrole nitrogens is 1. The van der Waals surface area contributed by atoms with E-state index >= 15 is 0 Å². The lowest BCUT2D eigenvalue weighted by atomic mass is 10.1. The number of rotatable bonds is 3. The molecular formula is C7H10N4. The molecule has 0 bridgehead atoms. The molecule has 0 radical (unpaired) electrons. The summed E-state index contributed by atoms with van der Waals surface area (Å²) in [5.41, 5.74) is 6.47. The maximum absolute atomic E-state index is 5.71. The highest BCUT2D eigenvalue weighted by Crippen LogP contribution is 2.09. The second-order valence-corrected chi connectivity index (χ2v) is 2.24. The molecule has 0 aliphatic rings. The van der Waals surface area contributed by atoms with Crippen molar-refractivity contribution in [3.05, 3.63) is 11.9 Å². The second-order valence-electron chi connectivity index (χ2n) is 2.24. The van der Waals surface area contributed by atoms with Crippen LogP contribution in [0.1, 0.15) is 24.6 Å². The van der Waals surface area contributed by atoms with E-state index in [-0.39, 0.29) is 6.04 Å². The number of hydrogen-bond donors (Lipinski definition) is 2. The van der Waals surface area contributed by atoms with Gasteiger partial charge in [0, 0.05) is 6.42 Å². The molecule has 1 aromatic heterocycles. The van der Waals surface area contributed by atoms with E-state index in [1.165, 1.54) is 0 Å². The minimum absolute atomic E-state index is 0.0928. The standard InChI is InChI=1S/C7H10N4/c1-2-3-4-6(8)7-5-9-11-10-7/h1,5-6H,3-4,8H2,(H,9,10,11). The number of hydrogen-bond acceptors (Lipinski definition) is 3. The zero-order chi connectivity index (χ0) is 8.10. The van der Waals surface area contributed by atoms with E-state index < -0.39 is 0 Å². The van der Waals surface area contributed by atoms with Gasteiger partial charge in [0.05, 0.1) is 17.9 Å². The van der Waals surface area contributed by atoms with Gasteiger partial charge in [-0.2, -0.15) is 15.4 Å². The Bertz CT molecular complexity index is 233. The van der Waals surface area contributed by atoms with Gasteiger partial charge in [0.25, 0.3) is 0 Å². The van der Waals surface area contributed by atoms with Crippen molar-refractivity contribution in [2.75, 3.05) is 0 Å². The molecule has 0 fully saturated rings. The predicted molar refractivity (Wildman–Crippen MR) is 41.4 cm³/mol. The Morgan fingerprint density at radius 1 is 1.82 bits per heavy atom. The SMILES string of the molecule is C#CCCC(N)c1cn[nH]n1. The highest BCUT2D eigenvalue weighted by atomic mass is 15.3. The van der Waals surface area contributed by atoms with Crippen LogP contribution in [0.2, 0.25) is 0 Å². The fourth-order valence-electron chi connectivity index (χ4n) is 0.776. The monoisotopic (exact) mass is 150 g/mol. The van der Waals surface area contributed by atoms with Crippen molar-refractivity contribution in [1.29, 1.82) is 0 Å². The predicted octanol–water partition coefficient (Wildman–Crippen LogP) is 0.218. The molecule has 1 rings (SSSR count). The van der Waals surface area contributed by atoms with Crippen molar-refractivity contribution in [3.63, 3.8) is 0 Å². The van der Waals surface area contributed by atoms with Gasteiger partial charge >= 0.3 is 0 Å². The van der Waals surface area contributed by atoms with Crippen LogP contribution in [0.3, 0.4) is 0 Å². The van der Waals surface area contributed by atoms with E-state index in [1.54, 1.807) is 6.20 Å². The van der Waals surface area contributed by atoms with Gasteiger partial charge < -0.3 is 5.73 Å². The molecule has 1 heterocycles. The lowest BCUT2D eigenvalue weighted by molar-refractivity contribution is 0.645. The van der Waals surface area contributed by atoms with Crippen LogP contribution in [0.4, 0.5) is 0 Å². The van der Waals surface area contributed by atoms with Gasteiger partial charge in [-0.25, -0.2) is 0 Å². The summed E-state index contributed by atoms with van der Waals surface area (Å²) in [6, 6.07) is -0.0928. The number of aromatic nitrogens is 3. The highest BCUT2D eigenvalue weighted by molar-refractivity contribution is 4.99. The van der Waals surface area contributed by atoms with Gasteiger partial charge in [-0.3, -0.25) is 0 Å². The van der Waals surface area contributed by atoms with Crippen LogP contribution in [0, 0.1) is 12.3 Å². The first-order valence-corrected chi connectivity index (χ1v) is 3.39. The molecule has 0 spiro atoms. The van der Waals surface area contributed by atoms with Crippen molar-refractivity contribution < 1.29 is 0 Å². The molecule has 1 aromatic rings. The summed E-state index contributed by atoms with van der Waals surface area (Å²) in [6.45, 7) is 0. The summed E-state index contributed by atoms with van der Waals surface area (Å²) in [6.07, 6.45) is 8.12. The van der Waals surface area contributed by atoms with Crippen LogP contribution < -0.4 is 5.73 Å². The average Bonchev–Trinajstić information content (AvgIpc) is 2.52. The summed E-state index contributed by atoms with van der Waals surface area (Å²) >= 11 is 0. The molecular weight excluding hydrogens is 140 g/mol. The molecule has 4 nitrogen and oxygen atoms in total. The minimum atomic E-state index is -0.0928. The first kappa shape index (κ1) is 7.76. The zero-order valence-corrected chi connectivity index (χ0v) is 6.12. The topological polar surface area (TPSA) is 67.6 Å². The Labute approximate surface area is 65.2 Å². The molecule has 0 aromatic carbocycles. The first-order chi connectivity index (χ1) is 5.34. The van der Waals surface area contributed by atoms with Gasteiger partial charge in [0.1, 0.15) is 0 Å². The van der Waals surface area contributed by atoms with E-state index in [0.717, 1.165) is 12.1 Å². The first-order valence-electron chi connectivity index (χ1n) is 3.39. The quantitative estimate of drug-likeness (QED) is 0.605. The largest absolute Gasteiger partial charge is 0.323 e. The lowest BCUT2D eigenvalue weighted by Crippen LogP contribution is -2.10. The van der Waals surface area contributed by atoms with Crippen LogP contribution >= 0.6 is 0 Å². The van der Waals surface area contributed by atoms with Crippen molar-refractivity contribution in [2.45, 2.75) is 18.9 Å². The van der Waals surface area contributed by atoms with Gasteiger partial charge in [-0.05, 0) is 6.42 Å². The van der Waals surface area contributed by atoms with Crippen LogP contribution in [0.15, 0.2) is 6.20 Å². The van der Waals surface area contributed by atoms with E-state index in [4.69, 9.17) is 12.2 Å². The average molecular weight is 150 g/mol. The Morgan fingerprint density at radius 3 is 3.18 bits per heavy atom. The van der Waals surface area contributed by atoms with E-state index in [0.29, 0.717) is 6.42 Å². The minimum Gasteiger partial charge on any atom is -0.323 e. The summed E-state index contributed by atoms with van der Waals surface area (Å²) in [5.74, 6) is 2.52. The Balaban J connectivity index is 2.44. The van der Waals surface area contributed by atoms with Gasteiger partial charge in [-0.1, -0.05) is 0 Å². The molecule has 4 heteroatoms. The normalized spacial score (nSPS) is 12.4. The second kappa shape index (κ2) is 3.74. The Hall–Kier alpha value is -1.34. The Morgan fingerprint density at radius 2 is 2.64 bits per heavy atom. The molecule has 0 amide bonds. The third kappa shape index (κ3) is 2.06. The van der Waals surface area contributed by atoms with E-state index in [1.807, 2.05) is 0 Å². The Kier molecular flexibility index (Phi) is 2.64. The fraction of sp³-hybridized carbons (Fsp3) is 0.429. The highest BCUT2D eigenvalue weighted by Gasteiger charge is 2.06. The summed E-state index contributed by atoms with van der Waals surface area (Å²) in [4.78, 5) is 0. The smallest absolute Gasteiger partial charge is 0.0991 e. The molecule has 0 saturated carbocycles. The van der Waals surface area contributed by atoms with Gasteiger partial charge in [0.2, 0.25) is 0 Å². The number of nitrogens with two attached hydrogens (primary N) is 1. The van der Waals surface area contributed by atoms with Gasteiger partial charge in [0.15, 0.2) is 0 Å². The molecule has 11 heavy (non-hydrogen) atoms.